The molecule has 2 rings (SSSR count). The smallest absolute Gasteiger partial charge is 0.337 e. The summed E-state index contributed by atoms with van der Waals surface area (Å²) in [6, 6.07) is 9.51. The summed E-state index contributed by atoms with van der Waals surface area (Å²) >= 11 is 0. The molecule has 0 aliphatic rings. The number of benzene rings is 1. The Morgan fingerprint density at radius 3 is 2.79 bits per heavy atom. The van der Waals surface area contributed by atoms with Gasteiger partial charge in [0, 0.05) is 12.7 Å². The molecule has 1 heterocycles. The van der Waals surface area contributed by atoms with Gasteiger partial charge in [-0.3, -0.25) is 0 Å². The highest BCUT2D eigenvalue weighted by Crippen LogP contribution is 2.07. The summed E-state index contributed by atoms with van der Waals surface area (Å²) in [6.45, 7) is 0.600. The van der Waals surface area contributed by atoms with Gasteiger partial charge < -0.3 is 10.4 Å². The van der Waals surface area contributed by atoms with E-state index < -0.39 is 5.97 Å². The van der Waals surface area contributed by atoms with Gasteiger partial charge in [-0.2, -0.15) is 0 Å². The van der Waals surface area contributed by atoms with Gasteiger partial charge in [0.1, 0.15) is 11.6 Å². The minimum Gasteiger partial charge on any atom is -0.478 e. The van der Waals surface area contributed by atoms with Crippen LogP contribution in [0.2, 0.25) is 0 Å². The molecule has 0 fully saturated rings. The molecule has 0 unspecified atom stereocenters. The summed E-state index contributed by atoms with van der Waals surface area (Å²) in [5, 5.41) is 11.8. The molecule has 0 saturated carbocycles. The standard InChI is InChI=1S/C14H13FN2O2/c15-12-3-1-2-10(8-12)6-7-16-13-5-4-11(9-17-13)14(18)19/h1-5,8-9H,6-7H2,(H,16,17)(H,18,19). The normalized spacial score (nSPS) is 10.2. The molecule has 0 atom stereocenters. The SMILES string of the molecule is O=C(O)c1ccc(NCCc2cccc(F)c2)nc1. The zero-order valence-electron chi connectivity index (χ0n) is 10.1. The van der Waals surface area contributed by atoms with Crippen molar-refractivity contribution in [3.8, 4) is 0 Å². The van der Waals surface area contributed by atoms with Crippen molar-refractivity contribution in [2.75, 3.05) is 11.9 Å². The highest BCUT2D eigenvalue weighted by molar-refractivity contribution is 5.87. The number of carbonyl (C=O) groups is 1. The first kappa shape index (κ1) is 13.0. The van der Waals surface area contributed by atoms with E-state index in [0.29, 0.717) is 18.8 Å². The summed E-state index contributed by atoms with van der Waals surface area (Å²) in [4.78, 5) is 14.6. The van der Waals surface area contributed by atoms with E-state index in [1.165, 1.54) is 24.4 Å². The number of anilines is 1. The van der Waals surface area contributed by atoms with Crippen molar-refractivity contribution in [2.24, 2.45) is 0 Å². The molecule has 0 saturated heterocycles. The lowest BCUT2D eigenvalue weighted by Crippen LogP contribution is -2.07. The lowest BCUT2D eigenvalue weighted by molar-refractivity contribution is 0.0696. The summed E-state index contributed by atoms with van der Waals surface area (Å²) < 4.78 is 12.9. The molecule has 0 aliphatic heterocycles. The predicted octanol–water partition coefficient (Wildman–Crippen LogP) is 2.57. The molecule has 0 radical (unpaired) electrons. The minimum absolute atomic E-state index is 0.149. The Morgan fingerprint density at radius 1 is 1.32 bits per heavy atom. The molecule has 0 bridgehead atoms. The first-order valence-electron chi connectivity index (χ1n) is 5.83. The van der Waals surface area contributed by atoms with Gasteiger partial charge >= 0.3 is 5.97 Å². The Balaban J connectivity index is 1.87. The number of hydrogen-bond donors (Lipinski definition) is 2. The number of rotatable bonds is 5. The van der Waals surface area contributed by atoms with Crippen molar-refractivity contribution in [1.29, 1.82) is 0 Å². The topological polar surface area (TPSA) is 62.2 Å². The van der Waals surface area contributed by atoms with Gasteiger partial charge in [-0.1, -0.05) is 12.1 Å². The Kier molecular flexibility index (Phi) is 4.07. The number of hydrogen-bond acceptors (Lipinski definition) is 3. The van der Waals surface area contributed by atoms with Crippen molar-refractivity contribution in [3.63, 3.8) is 0 Å². The van der Waals surface area contributed by atoms with E-state index in [1.807, 2.05) is 6.07 Å². The number of carboxylic acids is 1. The molecular weight excluding hydrogens is 247 g/mol. The number of halogens is 1. The molecule has 98 valence electrons. The number of aromatic nitrogens is 1. The second-order valence-electron chi connectivity index (χ2n) is 4.04. The second kappa shape index (κ2) is 5.95. The Morgan fingerprint density at radius 2 is 2.16 bits per heavy atom. The van der Waals surface area contributed by atoms with Crippen LogP contribution in [0.1, 0.15) is 15.9 Å². The number of aromatic carboxylic acids is 1. The fraction of sp³-hybridized carbons (Fsp3) is 0.143. The number of nitrogens with one attached hydrogen (secondary N) is 1. The average Bonchev–Trinajstić information content (AvgIpc) is 2.39. The van der Waals surface area contributed by atoms with Crippen LogP contribution in [-0.4, -0.2) is 22.6 Å². The second-order valence-corrected chi connectivity index (χ2v) is 4.04. The van der Waals surface area contributed by atoms with E-state index in [2.05, 4.69) is 10.3 Å². The van der Waals surface area contributed by atoms with Gasteiger partial charge in [0.2, 0.25) is 0 Å². The van der Waals surface area contributed by atoms with Crippen molar-refractivity contribution in [3.05, 3.63) is 59.5 Å². The number of nitrogens with zero attached hydrogens (tertiary/aromatic N) is 1. The van der Waals surface area contributed by atoms with Crippen molar-refractivity contribution in [2.45, 2.75) is 6.42 Å². The highest BCUT2D eigenvalue weighted by atomic mass is 19.1. The third-order valence-electron chi connectivity index (χ3n) is 2.62. The molecule has 19 heavy (non-hydrogen) atoms. The summed E-state index contributed by atoms with van der Waals surface area (Å²) in [6.07, 6.45) is 1.97. The zero-order valence-corrected chi connectivity index (χ0v) is 10.1. The number of pyridine rings is 1. The van der Waals surface area contributed by atoms with Gasteiger partial charge in [0.05, 0.1) is 5.56 Å². The fourth-order valence-electron chi connectivity index (χ4n) is 1.65. The van der Waals surface area contributed by atoms with Crippen LogP contribution in [0.3, 0.4) is 0 Å². The van der Waals surface area contributed by atoms with Crippen LogP contribution in [0, 0.1) is 5.82 Å². The molecule has 2 N–H and O–H groups in total. The zero-order chi connectivity index (χ0) is 13.7. The van der Waals surface area contributed by atoms with E-state index in [4.69, 9.17) is 5.11 Å². The van der Waals surface area contributed by atoms with Gasteiger partial charge in [-0.25, -0.2) is 14.2 Å². The Bertz CT molecular complexity index is 570. The molecule has 0 spiro atoms. The maximum Gasteiger partial charge on any atom is 0.337 e. The maximum absolute atomic E-state index is 12.9. The average molecular weight is 260 g/mol. The first-order chi connectivity index (χ1) is 9.15. The quantitative estimate of drug-likeness (QED) is 0.867. The van der Waals surface area contributed by atoms with Crippen molar-refractivity contribution < 1.29 is 14.3 Å². The van der Waals surface area contributed by atoms with Gasteiger partial charge in [0.15, 0.2) is 0 Å². The summed E-state index contributed by atoms with van der Waals surface area (Å²) in [5.41, 5.74) is 1.05. The number of carboxylic acid groups (broad SMARTS) is 1. The van der Waals surface area contributed by atoms with Crippen LogP contribution in [0.25, 0.3) is 0 Å². The van der Waals surface area contributed by atoms with E-state index in [1.54, 1.807) is 12.1 Å². The van der Waals surface area contributed by atoms with Crippen LogP contribution >= 0.6 is 0 Å². The van der Waals surface area contributed by atoms with E-state index >= 15 is 0 Å². The molecular formula is C14H13FN2O2. The van der Waals surface area contributed by atoms with Crippen molar-refractivity contribution in [1.82, 2.24) is 4.98 Å². The van der Waals surface area contributed by atoms with Crippen LogP contribution < -0.4 is 5.32 Å². The monoisotopic (exact) mass is 260 g/mol. The van der Waals surface area contributed by atoms with E-state index in [0.717, 1.165) is 5.56 Å². The molecule has 5 heteroatoms. The lowest BCUT2D eigenvalue weighted by atomic mass is 10.1. The van der Waals surface area contributed by atoms with Crippen LogP contribution in [0.5, 0.6) is 0 Å². The van der Waals surface area contributed by atoms with Crippen molar-refractivity contribution >= 4 is 11.8 Å². The minimum atomic E-state index is -1.00. The molecule has 1 aromatic carbocycles. The lowest BCUT2D eigenvalue weighted by Gasteiger charge is -2.06. The first-order valence-corrected chi connectivity index (χ1v) is 5.83. The Labute approximate surface area is 109 Å². The van der Waals surface area contributed by atoms with Gasteiger partial charge in [0.25, 0.3) is 0 Å². The van der Waals surface area contributed by atoms with Crippen LogP contribution in [-0.2, 0) is 6.42 Å². The molecule has 0 amide bonds. The molecule has 4 nitrogen and oxygen atoms in total. The summed E-state index contributed by atoms with van der Waals surface area (Å²) in [5.74, 6) is -0.651. The highest BCUT2D eigenvalue weighted by Gasteiger charge is 2.02. The molecule has 1 aromatic heterocycles. The fourth-order valence-corrected chi connectivity index (χ4v) is 1.65. The molecule has 2 aromatic rings. The Hall–Kier alpha value is -2.43. The third-order valence-corrected chi connectivity index (χ3v) is 2.62. The van der Waals surface area contributed by atoms with Crippen LogP contribution in [0.4, 0.5) is 10.2 Å². The van der Waals surface area contributed by atoms with Crippen LogP contribution in [0.15, 0.2) is 42.6 Å². The summed E-state index contributed by atoms with van der Waals surface area (Å²) in [7, 11) is 0. The van der Waals surface area contributed by atoms with E-state index in [9.17, 15) is 9.18 Å². The maximum atomic E-state index is 12.9. The largest absolute Gasteiger partial charge is 0.478 e. The predicted molar refractivity (Wildman–Crippen MR) is 69.8 cm³/mol. The van der Waals surface area contributed by atoms with Gasteiger partial charge in [-0.15, -0.1) is 0 Å². The molecule has 0 aliphatic carbocycles. The third kappa shape index (κ3) is 3.77. The van der Waals surface area contributed by atoms with E-state index in [-0.39, 0.29) is 11.4 Å². The van der Waals surface area contributed by atoms with Gasteiger partial charge in [-0.05, 0) is 36.2 Å².